The molecule has 6 amide bonds. The minimum Gasteiger partial charge on any atom is -0.368 e. The van der Waals surface area contributed by atoms with Gasteiger partial charge < -0.3 is 31.9 Å². The number of nitrogens with zero attached hydrogens (tertiary/aromatic N) is 5. The summed E-state index contributed by atoms with van der Waals surface area (Å²) in [5, 5.41) is 10.7. The second kappa shape index (κ2) is 13.7. The molecule has 15 heteroatoms. The second-order valence-electron chi connectivity index (χ2n) is 9.15. The molecule has 1 aliphatic heterocycles. The standard InChI is InChI=1S/C24H32N10O5/c1-14(2)31-24(39)33-15-5-11-34(23(38)18-13-27-8-10-29-18)19(15)22(37)32-16(20(25)35)4-3-6-30-21(36)17-12-26-7-9-28-17/h7-10,12-16,19H,3-6,11H2,1-2H3,(H2,25,35)(H,30,36)(H,32,37)(H2,31,33,39). The third-order valence-corrected chi connectivity index (χ3v) is 5.86. The van der Waals surface area contributed by atoms with Gasteiger partial charge in [-0.1, -0.05) is 0 Å². The molecule has 2 aromatic rings. The maximum atomic E-state index is 13.4. The van der Waals surface area contributed by atoms with Gasteiger partial charge in [0.15, 0.2) is 0 Å². The summed E-state index contributed by atoms with van der Waals surface area (Å²) in [6, 6.07) is -3.58. The highest BCUT2D eigenvalue weighted by atomic mass is 16.2. The van der Waals surface area contributed by atoms with Gasteiger partial charge in [0.25, 0.3) is 11.8 Å². The molecule has 39 heavy (non-hydrogen) atoms. The zero-order valence-electron chi connectivity index (χ0n) is 21.7. The van der Waals surface area contributed by atoms with Crippen molar-refractivity contribution in [1.82, 2.24) is 46.1 Å². The van der Waals surface area contributed by atoms with Gasteiger partial charge in [-0.2, -0.15) is 0 Å². The molecule has 1 aliphatic rings. The summed E-state index contributed by atoms with van der Waals surface area (Å²) in [6.07, 6.45) is 8.95. The highest BCUT2D eigenvalue weighted by Gasteiger charge is 2.44. The van der Waals surface area contributed by atoms with Crippen LogP contribution in [0.4, 0.5) is 4.79 Å². The second-order valence-corrected chi connectivity index (χ2v) is 9.15. The first-order chi connectivity index (χ1) is 18.7. The molecular weight excluding hydrogens is 508 g/mol. The number of carbonyl (C=O) groups is 5. The molecule has 15 nitrogen and oxygen atoms in total. The van der Waals surface area contributed by atoms with E-state index in [1.807, 2.05) is 0 Å². The van der Waals surface area contributed by atoms with E-state index in [4.69, 9.17) is 5.73 Å². The minimum absolute atomic E-state index is 0.0351. The van der Waals surface area contributed by atoms with Gasteiger partial charge in [0.05, 0.1) is 18.4 Å². The number of nitrogens with two attached hydrogens (primary N) is 1. The maximum Gasteiger partial charge on any atom is 0.315 e. The number of carbonyl (C=O) groups excluding carboxylic acids is 5. The molecule has 0 radical (unpaired) electrons. The largest absolute Gasteiger partial charge is 0.368 e. The fourth-order valence-corrected chi connectivity index (χ4v) is 4.08. The fourth-order valence-electron chi connectivity index (χ4n) is 4.08. The van der Waals surface area contributed by atoms with E-state index in [0.29, 0.717) is 12.8 Å². The Morgan fingerprint density at radius 2 is 1.67 bits per heavy atom. The highest BCUT2D eigenvalue weighted by Crippen LogP contribution is 2.21. The van der Waals surface area contributed by atoms with Crippen LogP contribution in [0.5, 0.6) is 0 Å². The van der Waals surface area contributed by atoms with Gasteiger partial charge in [0.2, 0.25) is 11.8 Å². The molecule has 0 aliphatic carbocycles. The van der Waals surface area contributed by atoms with Gasteiger partial charge in [-0.05, 0) is 33.1 Å². The fraction of sp³-hybridized carbons (Fsp3) is 0.458. The van der Waals surface area contributed by atoms with Crippen LogP contribution in [-0.4, -0.2) is 91.8 Å². The molecule has 6 N–H and O–H groups in total. The van der Waals surface area contributed by atoms with Gasteiger partial charge in [0, 0.05) is 43.9 Å². The van der Waals surface area contributed by atoms with Crippen LogP contribution < -0.4 is 27.0 Å². The van der Waals surface area contributed by atoms with E-state index >= 15 is 0 Å². The molecule has 3 unspecified atom stereocenters. The van der Waals surface area contributed by atoms with Crippen LogP contribution in [-0.2, 0) is 9.59 Å². The van der Waals surface area contributed by atoms with Crippen LogP contribution in [0, 0.1) is 0 Å². The quantitative estimate of drug-likeness (QED) is 0.215. The van der Waals surface area contributed by atoms with Crippen LogP contribution in [0.1, 0.15) is 54.1 Å². The van der Waals surface area contributed by atoms with Crippen LogP contribution in [0.2, 0.25) is 0 Å². The number of urea groups is 1. The zero-order chi connectivity index (χ0) is 28.4. The Morgan fingerprint density at radius 1 is 1.00 bits per heavy atom. The van der Waals surface area contributed by atoms with E-state index in [2.05, 4.69) is 41.2 Å². The van der Waals surface area contributed by atoms with E-state index in [-0.39, 0.29) is 36.9 Å². The van der Waals surface area contributed by atoms with Gasteiger partial charge in [-0.15, -0.1) is 0 Å². The van der Waals surface area contributed by atoms with E-state index in [0.717, 1.165) is 0 Å². The molecule has 0 aromatic carbocycles. The van der Waals surface area contributed by atoms with E-state index < -0.39 is 47.8 Å². The van der Waals surface area contributed by atoms with Crippen molar-refractivity contribution in [1.29, 1.82) is 0 Å². The smallest absolute Gasteiger partial charge is 0.315 e. The lowest BCUT2D eigenvalue weighted by Crippen LogP contribution is -2.59. The maximum absolute atomic E-state index is 13.4. The SMILES string of the molecule is CC(C)NC(=O)NC1CCN(C(=O)c2cnccn2)C1C(=O)NC(CCCNC(=O)c1cnccn1)C(N)=O. The molecule has 208 valence electrons. The Morgan fingerprint density at radius 3 is 2.26 bits per heavy atom. The minimum atomic E-state index is -1.13. The summed E-state index contributed by atoms with van der Waals surface area (Å²) >= 11 is 0. The summed E-state index contributed by atoms with van der Waals surface area (Å²) in [5.41, 5.74) is 5.71. The number of amides is 6. The van der Waals surface area contributed by atoms with E-state index in [1.54, 1.807) is 13.8 Å². The Bertz CT molecular complexity index is 1160. The van der Waals surface area contributed by atoms with Crippen molar-refractivity contribution in [2.75, 3.05) is 13.1 Å². The lowest BCUT2D eigenvalue weighted by molar-refractivity contribution is -0.130. The van der Waals surface area contributed by atoms with Gasteiger partial charge in [-0.25, -0.2) is 14.8 Å². The zero-order valence-corrected chi connectivity index (χ0v) is 21.7. The lowest BCUT2D eigenvalue weighted by Gasteiger charge is -2.29. The Hall–Kier alpha value is -4.69. The first-order valence-electron chi connectivity index (χ1n) is 12.4. The van der Waals surface area contributed by atoms with Crippen LogP contribution in [0.3, 0.4) is 0 Å². The average molecular weight is 541 g/mol. The van der Waals surface area contributed by atoms with Crippen LogP contribution in [0.15, 0.2) is 37.2 Å². The van der Waals surface area contributed by atoms with Gasteiger partial charge in [-0.3, -0.25) is 29.1 Å². The summed E-state index contributed by atoms with van der Waals surface area (Å²) in [6.45, 7) is 3.93. The molecule has 1 saturated heterocycles. The predicted octanol–water partition coefficient (Wildman–Crippen LogP) is -1.26. The number of hydrogen-bond acceptors (Lipinski definition) is 9. The van der Waals surface area contributed by atoms with Crippen LogP contribution in [0.25, 0.3) is 0 Å². The third kappa shape index (κ3) is 8.15. The van der Waals surface area contributed by atoms with Crippen LogP contribution >= 0.6 is 0 Å². The van der Waals surface area contributed by atoms with Gasteiger partial charge >= 0.3 is 6.03 Å². The summed E-state index contributed by atoms with van der Waals surface area (Å²) in [4.78, 5) is 80.2. The van der Waals surface area contributed by atoms with Gasteiger partial charge in [0.1, 0.15) is 23.5 Å². The Balaban J connectivity index is 1.67. The topological polar surface area (TPSA) is 214 Å². The first kappa shape index (κ1) is 28.9. The molecule has 3 atom stereocenters. The Labute approximate surface area is 224 Å². The average Bonchev–Trinajstić information content (AvgIpc) is 3.33. The third-order valence-electron chi connectivity index (χ3n) is 5.86. The lowest BCUT2D eigenvalue weighted by atomic mass is 10.1. The molecular formula is C24H32N10O5. The van der Waals surface area contributed by atoms with Crippen molar-refractivity contribution < 1.29 is 24.0 Å². The predicted molar refractivity (Wildman–Crippen MR) is 137 cm³/mol. The number of primary amides is 1. The van der Waals surface area contributed by atoms with Crippen molar-refractivity contribution in [3.8, 4) is 0 Å². The molecule has 0 saturated carbocycles. The van der Waals surface area contributed by atoms with Crippen molar-refractivity contribution in [2.24, 2.45) is 5.73 Å². The van der Waals surface area contributed by atoms with Crippen molar-refractivity contribution in [3.63, 3.8) is 0 Å². The monoisotopic (exact) mass is 540 g/mol. The molecule has 0 spiro atoms. The summed E-state index contributed by atoms with van der Waals surface area (Å²) < 4.78 is 0. The number of likely N-dealkylation sites (tertiary alicyclic amines) is 1. The first-order valence-corrected chi connectivity index (χ1v) is 12.4. The summed E-state index contributed by atoms with van der Waals surface area (Å²) in [5.74, 6) is -2.41. The summed E-state index contributed by atoms with van der Waals surface area (Å²) in [7, 11) is 0. The van der Waals surface area contributed by atoms with Crippen molar-refractivity contribution in [3.05, 3.63) is 48.6 Å². The van der Waals surface area contributed by atoms with E-state index in [9.17, 15) is 24.0 Å². The molecule has 1 fully saturated rings. The molecule has 0 bridgehead atoms. The van der Waals surface area contributed by atoms with Crippen molar-refractivity contribution >= 4 is 29.7 Å². The molecule has 3 heterocycles. The molecule has 3 rings (SSSR count). The Kier molecular flexibility index (Phi) is 10.2. The molecule has 2 aromatic heterocycles. The highest BCUT2D eigenvalue weighted by molar-refractivity contribution is 5.98. The number of rotatable bonds is 11. The van der Waals surface area contributed by atoms with E-state index in [1.165, 1.54) is 42.1 Å². The number of aromatic nitrogens is 4. The number of nitrogens with one attached hydrogen (secondary N) is 4. The normalized spacial score (nSPS) is 17.3. The van der Waals surface area contributed by atoms with Crippen molar-refractivity contribution in [2.45, 2.75) is 57.3 Å². The number of hydrogen-bond donors (Lipinski definition) is 5.